The highest BCUT2D eigenvalue weighted by atomic mass is 35.5. The number of carbonyl (C=O) groups is 1. The molecule has 4 heteroatoms. The lowest BCUT2D eigenvalue weighted by molar-refractivity contribution is 0.0997. The standard InChI is InChI=1S/C9H7ClN2O/c1-6-7(8(13)2-4-11)3-5-12-9(6)10/h3,5H,2H2,1H3. The van der Waals surface area contributed by atoms with Crippen LogP contribution in [0.3, 0.4) is 0 Å². The molecule has 1 aromatic heterocycles. The van der Waals surface area contributed by atoms with Crippen molar-refractivity contribution in [2.24, 2.45) is 0 Å². The van der Waals surface area contributed by atoms with E-state index in [1.54, 1.807) is 19.1 Å². The molecule has 0 saturated carbocycles. The molecule has 1 rings (SSSR count). The number of ketones is 1. The molecular formula is C9H7ClN2O. The van der Waals surface area contributed by atoms with Crippen molar-refractivity contribution in [2.45, 2.75) is 13.3 Å². The van der Waals surface area contributed by atoms with Gasteiger partial charge in [0.2, 0.25) is 0 Å². The highest BCUT2D eigenvalue weighted by Crippen LogP contribution is 2.16. The average molecular weight is 195 g/mol. The van der Waals surface area contributed by atoms with Crippen molar-refractivity contribution in [3.05, 3.63) is 28.5 Å². The molecule has 0 atom stereocenters. The fourth-order valence-electron chi connectivity index (χ4n) is 0.979. The molecule has 0 aliphatic rings. The molecular weight excluding hydrogens is 188 g/mol. The van der Waals surface area contributed by atoms with Crippen LogP contribution in [0.5, 0.6) is 0 Å². The summed E-state index contributed by atoms with van der Waals surface area (Å²) >= 11 is 5.71. The van der Waals surface area contributed by atoms with E-state index in [4.69, 9.17) is 16.9 Å². The fourth-order valence-corrected chi connectivity index (χ4v) is 1.14. The molecule has 1 heterocycles. The van der Waals surface area contributed by atoms with Crippen molar-refractivity contribution in [3.63, 3.8) is 0 Å². The van der Waals surface area contributed by atoms with Crippen LogP contribution in [0.1, 0.15) is 22.3 Å². The number of carbonyl (C=O) groups excluding carboxylic acids is 1. The molecule has 3 nitrogen and oxygen atoms in total. The Morgan fingerprint density at radius 1 is 1.77 bits per heavy atom. The van der Waals surface area contributed by atoms with Crippen molar-refractivity contribution >= 4 is 17.4 Å². The molecule has 13 heavy (non-hydrogen) atoms. The van der Waals surface area contributed by atoms with Crippen molar-refractivity contribution < 1.29 is 4.79 Å². The molecule has 0 N–H and O–H groups in total. The number of nitrogens with zero attached hydrogens (tertiary/aromatic N) is 2. The Kier molecular flexibility index (Phi) is 2.99. The van der Waals surface area contributed by atoms with Gasteiger partial charge in [0.05, 0.1) is 12.5 Å². The zero-order chi connectivity index (χ0) is 9.84. The van der Waals surface area contributed by atoms with Crippen LogP contribution in [-0.4, -0.2) is 10.8 Å². The predicted octanol–water partition coefficient (Wildman–Crippen LogP) is 2.14. The highest BCUT2D eigenvalue weighted by molar-refractivity contribution is 6.30. The van der Waals surface area contributed by atoms with Gasteiger partial charge < -0.3 is 0 Å². The zero-order valence-corrected chi connectivity index (χ0v) is 7.80. The van der Waals surface area contributed by atoms with E-state index in [1.807, 2.05) is 0 Å². The van der Waals surface area contributed by atoms with Gasteiger partial charge in [-0.05, 0) is 18.6 Å². The number of halogens is 1. The van der Waals surface area contributed by atoms with Gasteiger partial charge in [-0.15, -0.1) is 0 Å². The summed E-state index contributed by atoms with van der Waals surface area (Å²) in [6, 6.07) is 3.37. The molecule has 0 bridgehead atoms. The maximum atomic E-state index is 11.3. The first-order chi connectivity index (χ1) is 6.16. The lowest BCUT2D eigenvalue weighted by atomic mass is 10.1. The van der Waals surface area contributed by atoms with Crippen molar-refractivity contribution in [1.29, 1.82) is 5.26 Å². The summed E-state index contributed by atoms with van der Waals surface area (Å²) in [6.07, 6.45) is 1.33. The number of hydrogen-bond acceptors (Lipinski definition) is 3. The molecule has 0 spiro atoms. The number of pyridine rings is 1. The topological polar surface area (TPSA) is 53.8 Å². The van der Waals surface area contributed by atoms with Gasteiger partial charge in [0, 0.05) is 11.8 Å². The maximum absolute atomic E-state index is 11.3. The van der Waals surface area contributed by atoms with E-state index in [-0.39, 0.29) is 12.2 Å². The Morgan fingerprint density at radius 3 is 3.08 bits per heavy atom. The maximum Gasteiger partial charge on any atom is 0.177 e. The molecule has 66 valence electrons. The summed E-state index contributed by atoms with van der Waals surface area (Å²) in [5.74, 6) is -0.218. The van der Waals surface area contributed by atoms with E-state index in [1.165, 1.54) is 6.20 Å². The predicted molar refractivity (Wildman–Crippen MR) is 48.5 cm³/mol. The first-order valence-corrected chi connectivity index (χ1v) is 4.06. The Balaban J connectivity index is 3.09. The molecule has 0 unspecified atom stereocenters. The van der Waals surface area contributed by atoms with E-state index in [2.05, 4.69) is 4.98 Å². The van der Waals surface area contributed by atoms with Gasteiger partial charge in [-0.3, -0.25) is 4.79 Å². The van der Waals surface area contributed by atoms with E-state index in [9.17, 15) is 4.79 Å². The van der Waals surface area contributed by atoms with Gasteiger partial charge in [0.15, 0.2) is 5.78 Å². The average Bonchev–Trinajstić information content (AvgIpc) is 2.10. The van der Waals surface area contributed by atoms with Gasteiger partial charge >= 0.3 is 0 Å². The summed E-state index contributed by atoms with van der Waals surface area (Å²) in [5.41, 5.74) is 1.10. The quantitative estimate of drug-likeness (QED) is 0.536. The fraction of sp³-hybridized carbons (Fsp3) is 0.222. The lowest BCUT2D eigenvalue weighted by Crippen LogP contribution is -2.01. The van der Waals surface area contributed by atoms with Gasteiger partial charge in [-0.2, -0.15) is 5.26 Å². The minimum absolute atomic E-state index is 0.124. The van der Waals surface area contributed by atoms with Gasteiger partial charge in [0.1, 0.15) is 5.15 Å². The first-order valence-electron chi connectivity index (χ1n) is 3.68. The van der Waals surface area contributed by atoms with Gasteiger partial charge in [0.25, 0.3) is 0 Å². The Morgan fingerprint density at radius 2 is 2.46 bits per heavy atom. The summed E-state index contributed by atoms with van der Waals surface area (Å²) < 4.78 is 0. The SMILES string of the molecule is Cc1c(C(=O)CC#N)ccnc1Cl. The number of rotatable bonds is 2. The Bertz CT molecular complexity index is 382. The van der Waals surface area contributed by atoms with Gasteiger partial charge in [-0.25, -0.2) is 4.98 Å². The minimum atomic E-state index is -0.218. The van der Waals surface area contributed by atoms with Crippen LogP contribution in [0, 0.1) is 18.3 Å². The molecule has 1 aromatic rings. The molecule has 0 aliphatic heterocycles. The Hall–Kier alpha value is -1.40. The number of nitriles is 1. The third-order valence-electron chi connectivity index (χ3n) is 1.68. The zero-order valence-electron chi connectivity index (χ0n) is 7.04. The minimum Gasteiger partial charge on any atom is -0.293 e. The van der Waals surface area contributed by atoms with Crippen LogP contribution in [0.25, 0.3) is 0 Å². The molecule has 0 fully saturated rings. The summed E-state index contributed by atoms with van der Waals surface area (Å²) in [4.78, 5) is 15.1. The van der Waals surface area contributed by atoms with Crippen LogP contribution in [0.15, 0.2) is 12.3 Å². The van der Waals surface area contributed by atoms with E-state index in [0.717, 1.165) is 0 Å². The second-order valence-corrected chi connectivity index (χ2v) is 2.89. The third-order valence-corrected chi connectivity index (χ3v) is 2.06. The number of Topliss-reactive ketones (excluding diaryl/α,β-unsaturated/α-hetero) is 1. The molecule has 0 aliphatic carbocycles. The van der Waals surface area contributed by atoms with Crippen molar-refractivity contribution in [1.82, 2.24) is 4.98 Å². The monoisotopic (exact) mass is 194 g/mol. The smallest absolute Gasteiger partial charge is 0.177 e. The molecule has 0 aromatic carbocycles. The molecule has 0 saturated heterocycles. The summed E-state index contributed by atoms with van der Waals surface area (Å²) in [6.45, 7) is 1.71. The van der Waals surface area contributed by atoms with E-state index < -0.39 is 0 Å². The Labute approximate surface area is 81.0 Å². The van der Waals surface area contributed by atoms with Crippen LogP contribution in [0.2, 0.25) is 5.15 Å². The lowest BCUT2D eigenvalue weighted by Gasteiger charge is -2.02. The van der Waals surface area contributed by atoms with Crippen LogP contribution in [0.4, 0.5) is 0 Å². The molecule has 0 radical (unpaired) electrons. The number of hydrogen-bond donors (Lipinski definition) is 0. The normalized spacial score (nSPS) is 9.31. The second-order valence-electron chi connectivity index (χ2n) is 2.53. The van der Waals surface area contributed by atoms with Crippen molar-refractivity contribution in [3.8, 4) is 6.07 Å². The third kappa shape index (κ3) is 2.04. The van der Waals surface area contributed by atoms with Crippen molar-refractivity contribution in [2.75, 3.05) is 0 Å². The van der Waals surface area contributed by atoms with E-state index >= 15 is 0 Å². The first kappa shape index (κ1) is 9.69. The highest BCUT2D eigenvalue weighted by Gasteiger charge is 2.10. The van der Waals surface area contributed by atoms with Crippen LogP contribution >= 0.6 is 11.6 Å². The summed E-state index contributed by atoms with van der Waals surface area (Å²) in [5, 5.41) is 8.65. The van der Waals surface area contributed by atoms with Crippen LogP contribution in [-0.2, 0) is 0 Å². The summed E-state index contributed by atoms with van der Waals surface area (Å²) in [7, 11) is 0. The molecule has 0 amide bonds. The van der Waals surface area contributed by atoms with Crippen LogP contribution < -0.4 is 0 Å². The number of aromatic nitrogens is 1. The largest absolute Gasteiger partial charge is 0.293 e. The second kappa shape index (κ2) is 4.01. The van der Waals surface area contributed by atoms with Gasteiger partial charge in [-0.1, -0.05) is 11.6 Å². The van der Waals surface area contributed by atoms with E-state index in [0.29, 0.717) is 16.3 Å².